The first-order valence-electron chi connectivity index (χ1n) is 7.15. The van der Waals surface area contributed by atoms with Crippen LogP contribution in [0.4, 0.5) is 14.5 Å². The van der Waals surface area contributed by atoms with Gasteiger partial charge in [-0.1, -0.05) is 6.07 Å². The fourth-order valence-corrected chi connectivity index (χ4v) is 2.57. The van der Waals surface area contributed by atoms with Gasteiger partial charge in [0.15, 0.2) is 0 Å². The number of carbonyl (C=O) groups excluding carboxylic acids is 2. The third kappa shape index (κ3) is 3.36. The highest BCUT2D eigenvalue weighted by molar-refractivity contribution is 5.98. The number of nitrogens with zero attached hydrogens (tertiary/aromatic N) is 1. The number of hydrogen-bond donors (Lipinski definition) is 1. The highest BCUT2D eigenvalue weighted by Gasteiger charge is 2.31. The summed E-state index contributed by atoms with van der Waals surface area (Å²) in [5.74, 6) is -1.40. The minimum atomic E-state index is -0.422. The van der Waals surface area contributed by atoms with E-state index in [1.165, 1.54) is 47.4 Å². The largest absolute Gasteiger partial charge is 0.347 e. The third-order valence-electron chi connectivity index (χ3n) is 3.69. The molecule has 0 aromatic heterocycles. The average molecular weight is 316 g/mol. The Morgan fingerprint density at radius 1 is 1.09 bits per heavy atom. The van der Waals surface area contributed by atoms with E-state index in [9.17, 15) is 18.4 Å². The van der Waals surface area contributed by atoms with E-state index in [1.807, 2.05) is 0 Å². The summed E-state index contributed by atoms with van der Waals surface area (Å²) < 4.78 is 26.1. The van der Waals surface area contributed by atoms with Crippen molar-refractivity contribution in [3.05, 3.63) is 65.7 Å². The minimum absolute atomic E-state index is 0.142. The molecule has 1 N–H and O–H groups in total. The van der Waals surface area contributed by atoms with Gasteiger partial charge in [-0.15, -0.1) is 0 Å². The maximum absolute atomic E-state index is 13.3. The average Bonchev–Trinajstić information content (AvgIpc) is 2.88. The lowest BCUT2D eigenvalue weighted by Gasteiger charge is -2.17. The van der Waals surface area contributed by atoms with Crippen LogP contribution in [0.25, 0.3) is 0 Å². The van der Waals surface area contributed by atoms with E-state index in [0.29, 0.717) is 11.3 Å². The lowest BCUT2D eigenvalue weighted by Crippen LogP contribution is -2.37. The second-order valence-corrected chi connectivity index (χ2v) is 5.37. The van der Waals surface area contributed by atoms with Gasteiger partial charge < -0.3 is 10.2 Å². The third-order valence-corrected chi connectivity index (χ3v) is 3.69. The van der Waals surface area contributed by atoms with Gasteiger partial charge in [-0.3, -0.25) is 9.59 Å². The Balaban J connectivity index is 1.68. The molecule has 0 aliphatic carbocycles. The van der Waals surface area contributed by atoms with Gasteiger partial charge in [-0.05, 0) is 42.5 Å². The summed E-state index contributed by atoms with van der Waals surface area (Å²) in [6.45, 7) is 0.273. The van der Waals surface area contributed by atoms with Crippen LogP contribution in [0.5, 0.6) is 0 Å². The number of rotatable bonds is 3. The highest BCUT2D eigenvalue weighted by atomic mass is 19.1. The molecular formula is C17H14F2N2O2. The molecule has 2 amide bonds. The maximum atomic E-state index is 13.3. The first kappa shape index (κ1) is 15.1. The quantitative estimate of drug-likeness (QED) is 0.946. The molecule has 118 valence electrons. The van der Waals surface area contributed by atoms with Crippen LogP contribution in [0.1, 0.15) is 16.8 Å². The predicted molar refractivity (Wildman–Crippen MR) is 81.0 cm³/mol. The van der Waals surface area contributed by atoms with Gasteiger partial charge in [0, 0.05) is 24.2 Å². The van der Waals surface area contributed by atoms with Crippen LogP contribution in [-0.2, 0) is 4.79 Å². The van der Waals surface area contributed by atoms with Crippen LogP contribution in [-0.4, -0.2) is 24.4 Å². The Kier molecular flexibility index (Phi) is 4.06. The summed E-state index contributed by atoms with van der Waals surface area (Å²) in [4.78, 5) is 25.6. The molecule has 6 heteroatoms. The fraction of sp³-hybridized carbons (Fsp3) is 0.176. The normalized spacial score (nSPS) is 17.4. The number of carbonyl (C=O) groups is 2. The van der Waals surface area contributed by atoms with Crippen molar-refractivity contribution >= 4 is 17.5 Å². The minimum Gasteiger partial charge on any atom is -0.347 e. The Morgan fingerprint density at radius 3 is 2.52 bits per heavy atom. The van der Waals surface area contributed by atoms with Gasteiger partial charge in [-0.25, -0.2) is 8.78 Å². The van der Waals surface area contributed by atoms with Crippen LogP contribution >= 0.6 is 0 Å². The Bertz CT molecular complexity index is 747. The van der Waals surface area contributed by atoms with Crippen molar-refractivity contribution in [2.45, 2.75) is 12.5 Å². The molecule has 0 saturated carbocycles. The fourth-order valence-electron chi connectivity index (χ4n) is 2.57. The molecule has 1 fully saturated rings. The molecule has 4 nitrogen and oxygen atoms in total. The number of hydrogen-bond acceptors (Lipinski definition) is 2. The van der Waals surface area contributed by atoms with Gasteiger partial charge in [-0.2, -0.15) is 0 Å². The van der Waals surface area contributed by atoms with Crippen molar-refractivity contribution in [3.63, 3.8) is 0 Å². The maximum Gasteiger partial charge on any atom is 0.251 e. The molecule has 1 saturated heterocycles. The SMILES string of the molecule is O=C(N[C@@H]1CC(=O)N(c2cccc(F)c2)C1)c1ccc(F)cc1. The van der Waals surface area contributed by atoms with Crippen LogP contribution in [0.2, 0.25) is 0 Å². The van der Waals surface area contributed by atoms with E-state index < -0.39 is 11.6 Å². The van der Waals surface area contributed by atoms with Gasteiger partial charge in [0.1, 0.15) is 11.6 Å². The molecular weight excluding hydrogens is 302 g/mol. The smallest absolute Gasteiger partial charge is 0.251 e. The van der Waals surface area contributed by atoms with Gasteiger partial charge in [0.05, 0.1) is 6.04 Å². The van der Waals surface area contributed by atoms with E-state index in [4.69, 9.17) is 0 Å². The highest BCUT2D eigenvalue weighted by Crippen LogP contribution is 2.22. The number of halogens is 2. The first-order chi connectivity index (χ1) is 11.0. The van der Waals surface area contributed by atoms with Gasteiger partial charge >= 0.3 is 0 Å². The molecule has 0 unspecified atom stereocenters. The van der Waals surface area contributed by atoms with Crippen LogP contribution in [0, 0.1) is 11.6 Å². The monoisotopic (exact) mass is 316 g/mol. The van der Waals surface area contributed by atoms with Crippen molar-refractivity contribution in [3.8, 4) is 0 Å². The Hall–Kier alpha value is -2.76. The topological polar surface area (TPSA) is 49.4 Å². The second-order valence-electron chi connectivity index (χ2n) is 5.37. The second kappa shape index (κ2) is 6.16. The molecule has 2 aromatic carbocycles. The zero-order valence-corrected chi connectivity index (χ0v) is 12.1. The van der Waals surface area contributed by atoms with Crippen molar-refractivity contribution in [2.24, 2.45) is 0 Å². The summed E-state index contributed by atoms with van der Waals surface area (Å²) in [5.41, 5.74) is 0.789. The van der Waals surface area contributed by atoms with Gasteiger partial charge in [0.25, 0.3) is 5.91 Å². The van der Waals surface area contributed by atoms with Crippen LogP contribution < -0.4 is 10.2 Å². The Labute approximate surface area is 131 Å². The van der Waals surface area contributed by atoms with Crippen molar-refractivity contribution in [1.29, 1.82) is 0 Å². The van der Waals surface area contributed by atoms with Crippen LogP contribution in [0.3, 0.4) is 0 Å². The van der Waals surface area contributed by atoms with Crippen LogP contribution in [0.15, 0.2) is 48.5 Å². The Morgan fingerprint density at radius 2 is 1.83 bits per heavy atom. The zero-order chi connectivity index (χ0) is 16.4. The van der Waals surface area contributed by atoms with E-state index in [2.05, 4.69) is 5.32 Å². The standard InChI is InChI=1S/C17H14F2N2O2/c18-12-6-4-11(5-7-12)17(23)20-14-9-16(22)21(10-14)15-3-1-2-13(19)8-15/h1-8,14H,9-10H2,(H,20,23)/t14-/m1/s1. The van der Waals surface area contributed by atoms with E-state index in [0.717, 1.165) is 0 Å². The lowest BCUT2D eigenvalue weighted by molar-refractivity contribution is -0.117. The predicted octanol–water partition coefficient (Wildman–Crippen LogP) is 2.50. The summed E-state index contributed by atoms with van der Waals surface area (Å²) >= 11 is 0. The summed E-state index contributed by atoms with van der Waals surface area (Å²) in [6.07, 6.45) is 0.142. The number of anilines is 1. The van der Waals surface area contributed by atoms with Crippen molar-refractivity contribution < 1.29 is 18.4 Å². The number of amides is 2. The van der Waals surface area contributed by atoms with E-state index in [-0.39, 0.29) is 30.8 Å². The van der Waals surface area contributed by atoms with Crippen molar-refractivity contribution in [1.82, 2.24) is 5.32 Å². The van der Waals surface area contributed by atoms with Crippen molar-refractivity contribution in [2.75, 3.05) is 11.4 Å². The molecule has 0 radical (unpaired) electrons. The van der Waals surface area contributed by atoms with E-state index >= 15 is 0 Å². The zero-order valence-electron chi connectivity index (χ0n) is 12.1. The molecule has 1 aliphatic rings. The number of nitrogens with one attached hydrogen (secondary N) is 1. The molecule has 0 spiro atoms. The summed E-state index contributed by atoms with van der Waals surface area (Å²) in [5, 5.41) is 2.74. The molecule has 3 rings (SSSR count). The number of benzene rings is 2. The molecule has 1 atom stereocenters. The molecule has 1 heterocycles. The summed E-state index contributed by atoms with van der Waals surface area (Å²) in [7, 11) is 0. The summed E-state index contributed by atoms with van der Waals surface area (Å²) in [6, 6.07) is 10.6. The molecule has 2 aromatic rings. The first-order valence-corrected chi connectivity index (χ1v) is 7.15. The molecule has 1 aliphatic heterocycles. The lowest BCUT2D eigenvalue weighted by atomic mass is 10.2. The van der Waals surface area contributed by atoms with Gasteiger partial charge in [0.2, 0.25) is 5.91 Å². The van der Waals surface area contributed by atoms with E-state index in [1.54, 1.807) is 6.07 Å². The molecule has 0 bridgehead atoms. The molecule has 23 heavy (non-hydrogen) atoms.